The number of carbonyl (C=O) groups excluding carboxylic acids is 1. The van der Waals surface area contributed by atoms with Gasteiger partial charge in [-0.2, -0.15) is 0 Å². The third-order valence-electron chi connectivity index (χ3n) is 4.51. The molecule has 7 heteroatoms. The van der Waals surface area contributed by atoms with Gasteiger partial charge in [-0.3, -0.25) is 9.69 Å². The normalized spacial score (nSPS) is 16.3. The minimum Gasteiger partial charge on any atom is -0.489 e. The summed E-state index contributed by atoms with van der Waals surface area (Å²) in [6.45, 7) is 4.24. The van der Waals surface area contributed by atoms with Crippen molar-refractivity contribution in [1.82, 2.24) is 4.90 Å². The Hall–Kier alpha value is -2.64. The standard InChI is InChI=1S/C22H21NO4S2/c1-3-18(21(25)26)23-20(24)19(29-22(23)28)12-15-8-10-17(11-9-15)27-13-16-6-4-14(2)5-7-16/h4-12,18H,3,13H2,1-2H3,(H,25,26)/b19-12+/t18-/m1/s1. The zero-order chi connectivity index (χ0) is 21.0. The number of ether oxygens (including phenoxy) is 1. The molecule has 0 spiro atoms. The lowest BCUT2D eigenvalue weighted by atomic mass is 10.1. The van der Waals surface area contributed by atoms with Gasteiger partial charge in [0.25, 0.3) is 5.91 Å². The van der Waals surface area contributed by atoms with Crippen LogP contribution in [0.2, 0.25) is 0 Å². The molecule has 5 nitrogen and oxygen atoms in total. The Labute approximate surface area is 179 Å². The van der Waals surface area contributed by atoms with Gasteiger partial charge in [0, 0.05) is 0 Å². The van der Waals surface area contributed by atoms with E-state index < -0.39 is 12.0 Å². The van der Waals surface area contributed by atoms with E-state index in [0.717, 1.165) is 28.6 Å². The van der Waals surface area contributed by atoms with Crippen LogP contribution in [0.5, 0.6) is 5.75 Å². The zero-order valence-corrected chi connectivity index (χ0v) is 17.8. The van der Waals surface area contributed by atoms with E-state index in [1.54, 1.807) is 13.0 Å². The van der Waals surface area contributed by atoms with Gasteiger partial charge in [-0.15, -0.1) is 0 Å². The number of thioether (sulfide) groups is 1. The molecule has 0 bridgehead atoms. The van der Waals surface area contributed by atoms with Gasteiger partial charge in [0.15, 0.2) is 0 Å². The zero-order valence-electron chi connectivity index (χ0n) is 16.1. The lowest BCUT2D eigenvalue weighted by Gasteiger charge is -2.21. The number of carboxylic acid groups (broad SMARTS) is 1. The number of thiocarbonyl (C=S) groups is 1. The molecule has 29 heavy (non-hydrogen) atoms. The topological polar surface area (TPSA) is 66.8 Å². The third kappa shape index (κ3) is 5.05. The van der Waals surface area contributed by atoms with Crippen molar-refractivity contribution in [2.45, 2.75) is 32.9 Å². The van der Waals surface area contributed by atoms with Crippen molar-refractivity contribution < 1.29 is 19.4 Å². The van der Waals surface area contributed by atoms with E-state index in [2.05, 4.69) is 0 Å². The molecule has 2 aromatic rings. The molecule has 150 valence electrons. The maximum Gasteiger partial charge on any atom is 0.326 e. The van der Waals surface area contributed by atoms with Gasteiger partial charge in [0.2, 0.25) is 0 Å². The van der Waals surface area contributed by atoms with Gasteiger partial charge in [0.05, 0.1) is 4.91 Å². The first-order valence-corrected chi connectivity index (χ1v) is 10.4. The van der Waals surface area contributed by atoms with Crippen LogP contribution in [0.25, 0.3) is 6.08 Å². The van der Waals surface area contributed by atoms with Crippen molar-refractivity contribution in [2.75, 3.05) is 0 Å². The smallest absolute Gasteiger partial charge is 0.326 e. The highest BCUT2D eigenvalue weighted by atomic mass is 32.2. The summed E-state index contributed by atoms with van der Waals surface area (Å²) < 4.78 is 6.07. The Morgan fingerprint density at radius 2 is 1.86 bits per heavy atom. The number of aryl methyl sites for hydroxylation is 1. The van der Waals surface area contributed by atoms with E-state index >= 15 is 0 Å². The molecule has 1 aliphatic rings. The quantitative estimate of drug-likeness (QED) is 0.513. The molecule has 3 rings (SSSR count). The minimum absolute atomic E-state index is 0.272. The summed E-state index contributed by atoms with van der Waals surface area (Å²) in [7, 11) is 0. The summed E-state index contributed by atoms with van der Waals surface area (Å²) in [5.74, 6) is -0.693. The van der Waals surface area contributed by atoms with Crippen LogP contribution >= 0.6 is 24.0 Å². The van der Waals surface area contributed by atoms with Gasteiger partial charge in [-0.05, 0) is 42.7 Å². The highest BCUT2D eigenvalue weighted by molar-refractivity contribution is 8.26. The fraction of sp³-hybridized carbons (Fsp3) is 0.227. The lowest BCUT2D eigenvalue weighted by Crippen LogP contribution is -2.43. The van der Waals surface area contributed by atoms with E-state index in [4.69, 9.17) is 17.0 Å². The molecule has 1 N–H and O–H groups in total. The predicted molar refractivity (Wildman–Crippen MR) is 119 cm³/mol. The number of nitrogens with zero attached hydrogens (tertiary/aromatic N) is 1. The number of carbonyl (C=O) groups is 2. The summed E-state index contributed by atoms with van der Waals surface area (Å²) in [5.41, 5.74) is 3.11. The molecule has 0 aromatic heterocycles. The average Bonchev–Trinajstić information content (AvgIpc) is 2.97. The first kappa shape index (κ1) is 21.1. The van der Waals surface area contributed by atoms with Crippen molar-refractivity contribution in [3.63, 3.8) is 0 Å². The van der Waals surface area contributed by atoms with Gasteiger partial charge >= 0.3 is 5.97 Å². The number of amides is 1. The molecular weight excluding hydrogens is 406 g/mol. The van der Waals surface area contributed by atoms with Crippen LogP contribution in [0.15, 0.2) is 53.4 Å². The van der Waals surface area contributed by atoms with Gasteiger partial charge in [-0.1, -0.05) is 72.9 Å². The molecule has 0 unspecified atom stereocenters. The summed E-state index contributed by atoms with van der Waals surface area (Å²) in [5, 5.41) is 9.33. The predicted octanol–water partition coefficient (Wildman–Crippen LogP) is 4.64. The molecule has 0 saturated carbocycles. The maximum atomic E-state index is 12.6. The molecule has 1 heterocycles. The van der Waals surface area contributed by atoms with Crippen molar-refractivity contribution in [1.29, 1.82) is 0 Å². The van der Waals surface area contributed by atoms with E-state index in [1.165, 1.54) is 10.5 Å². The number of hydrogen-bond donors (Lipinski definition) is 1. The Kier molecular flexibility index (Phi) is 6.71. The molecule has 1 aliphatic heterocycles. The van der Waals surface area contributed by atoms with Crippen LogP contribution in [0, 0.1) is 6.92 Å². The second-order valence-electron chi connectivity index (χ2n) is 6.66. The Balaban J connectivity index is 1.67. The molecule has 2 aromatic carbocycles. The number of benzene rings is 2. The molecular formula is C22H21NO4S2. The van der Waals surface area contributed by atoms with Crippen LogP contribution < -0.4 is 4.74 Å². The van der Waals surface area contributed by atoms with Crippen LogP contribution in [-0.4, -0.2) is 32.2 Å². The number of carboxylic acids is 1. The van der Waals surface area contributed by atoms with Crippen molar-refractivity contribution in [3.8, 4) is 5.75 Å². The van der Waals surface area contributed by atoms with E-state index in [-0.39, 0.29) is 10.2 Å². The Bertz CT molecular complexity index is 952. The monoisotopic (exact) mass is 427 g/mol. The average molecular weight is 428 g/mol. The number of hydrogen-bond acceptors (Lipinski definition) is 5. The van der Waals surface area contributed by atoms with E-state index in [1.807, 2.05) is 55.5 Å². The molecule has 1 amide bonds. The van der Waals surface area contributed by atoms with Crippen LogP contribution in [0.4, 0.5) is 0 Å². The summed E-state index contributed by atoms with van der Waals surface area (Å²) in [4.78, 5) is 25.6. The number of aliphatic carboxylic acids is 1. The van der Waals surface area contributed by atoms with Gasteiger partial charge in [-0.25, -0.2) is 4.79 Å². The second-order valence-corrected chi connectivity index (χ2v) is 8.33. The molecule has 0 aliphatic carbocycles. The highest BCUT2D eigenvalue weighted by Gasteiger charge is 2.39. The van der Waals surface area contributed by atoms with Crippen molar-refractivity contribution in [3.05, 3.63) is 70.1 Å². The Morgan fingerprint density at radius 3 is 2.45 bits per heavy atom. The third-order valence-corrected chi connectivity index (χ3v) is 5.84. The van der Waals surface area contributed by atoms with Crippen molar-refractivity contribution in [2.24, 2.45) is 0 Å². The van der Waals surface area contributed by atoms with Crippen LogP contribution in [0.3, 0.4) is 0 Å². The largest absolute Gasteiger partial charge is 0.489 e. The molecule has 1 fully saturated rings. The fourth-order valence-corrected chi connectivity index (χ4v) is 4.24. The molecule has 1 saturated heterocycles. The number of rotatable bonds is 7. The van der Waals surface area contributed by atoms with Crippen molar-refractivity contribution >= 4 is 46.3 Å². The molecule has 0 radical (unpaired) electrons. The van der Waals surface area contributed by atoms with Gasteiger partial charge in [0.1, 0.15) is 22.7 Å². The minimum atomic E-state index is -1.06. The summed E-state index contributed by atoms with van der Waals surface area (Å²) in [6.07, 6.45) is 2.01. The summed E-state index contributed by atoms with van der Waals surface area (Å²) >= 11 is 6.35. The SMILES string of the molecule is CC[C@H](C(=O)O)N1C(=O)/C(=C\c2ccc(OCc3ccc(C)cc3)cc2)SC1=S. The Morgan fingerprint density at radius 1 is 1.21 bits per heavy atom. The first-order valence-electron chi connectivity index (χ1n) is 9.17. The van der Waals surface area contributed by atoms with E-state index in [0.29, 0.717) is 17.9 Å². The highest BCUT2D eigenvalue weighted by Crippen LogP contribution is 2.34. The summed E-state index contributed by atoms with van der Waals surface area (Å²) in [6, 6.07) is 14.6. The van der Waals surface area contributed by atoms with Crippen LogP contribution in [0.1, 0.15) is 30.0 Å². The molecule has 1 atom stereocenters. The second kappa shape index (κ2) is 9.24. The van der Waals surface area contributed by atoms with E-state index in [9.17, 15) is 14.7 Å². The fourth-order valence-electron chi connectivity index (χ4n) is 2.88. The lowest BCUT2D eigenvalue weighted by molar-refractivity contribution is -0.145. The van der Waals surface area contributed by atoms with Crippen LogP contribution in [-0.2, 0) is 16.2 Å². The van der Waals surface area contributed by atoms with Gasteiger partial charge < -0.3 is 9.84 Å². The maximum absolute atomic E-state index is 12.6. The first-order chi connectivity index (χ1) is 13.9.